The second kappa shape index (κ2) is 23.3. The number of rotatable bonds is 17. The van der Waals surface area contributed by atoms with Gasteiger partial charge in [-0.2, -0.15) is 0 Å². The van der Waals surface area contributed by atoms with Crippen molar-refractivity contribution in [3.63, 3.8) is 0 Å². The summed E-state index contributed by atoms with van der Waals surface area (Å²) in [5, 5.41) is 26.3. The van der Waals surface area contributed by atoms with Crippen LogP contribution in [0.2, 0.25) is 0 Å². The third kappa shape index (κ3) is 28.4. The van der Waals surface area contributed by atoms with Crippen LogP contribution in [0.5, 0.6) is 0 Å². The molecule has 0 aromatic carbocycles. The van der Waals surface area contributed by atoms with Crippen LogP contribution in [0, 0.1) is 0 Å². The summed E-state index contributed by atoms with van der Waals surface area (Å²) >= 11 is 0. The Morgan fingerprint density at radius 2 is 1.16 bits per heavy atom. The van der Waals surface area contributed by atoms with Crippen LogP contribution in [0.15, 0.2) is 0 Å². The zero-order valence-electron chi connectivity index (χ0n) is 16.1. The quantitative estimate of drug-likeness (QED) is 0.269. The summed E-state index contributed by atoms with van der Waals surface area (Å²) < 4.78 is 0. The molecule has 0 rings (SSSR count). The van der Waals surface area contributed by atoms with Gasteiger partial charge in [0.1, 0.15) is 0 Å². The smallest absolute Gasteiger partial charge is 0.300 e. The highest BCUT2D eigenvalue weighted by Gasteiger charge is 2.05. The molecule has 0 fully saturated rings. The molecule has 7 nitrogen and oxygen atoms in total. The highest BCUT2D eigenvalue weighted by atomic mass is 16.9. The second-order valence-corrected chi connectivity index (χ2v) is 5.87. The number of carboxylic acids is 1. The molecule has 0 aliphatic rings. The normalized spacial score (nSPS) is 10.6. The van der Waals surface area contributed by atoms with Crippen LogP contribution in [-0.2, 0) is 14.5 Å². The third-order valence-electron chi connectivity index (χ3n) is 3.35. The largest absolute Gasteiger partial charge is 0.481 e. The van der Waals surface area contributed by atoms with E-state index in [1.54, 1.807) is 0 Å². The van der Waals surface area contributed by atoms with Gasteiger partial charge in [0.2, 0.25) is 0 Å². The minimum atomic E-state index is -0.833. The highest BCUT2D eigenvalue weighted by molar-refractivity contribution is 5.62. The van der Waals surface area contributed by atoms with Gasteiger partial charge in [0, 0.05) is 6.92 Å². The van der Waals surface area contributed by atoms with E-state index in [0.717, 1.165) is 19.8 Å². The van der Waals surface area contributed by atoms with Gasteiger partial charge in [-0.05, 0) is 6.42 Å². The Balaban J connectivity index is 0. The predicted molar refractivity (Wildman–Crippen MR) is 97.9 cm³/mol. The average Bonchev–Trinajstić information content (AvgIpc) is 2.57. The fourth-order valence-electron chi connectivity index (χ4n) is 2.18. The maximum absolute atomic E-state index is 9.00. The first-order chi connectivity index (χ1) is 12.1. The minimum absolute atomic E-state index is 0.0307. The van der Waals surface area contributed by atoms with Gasteiger partial charge in [0.25, 0.3) is 5.97 Å². The monoisotopic (exact) mass is 365 g/mol. The van der Waals surface area contributed by atoms with Crippen LogP contribution in [0.1, 0.15) is 78.1 Å². The van der Waals surface area contributed by atoms with Crippen LogP contribution < -0.4 is 0 Å². The van der Waals surface area contributed by atoms with E-state index in [4.69, 9.17) is 29.8 Å². The standard InChI is InChI=1S/C16H35NO4.C2H4O2/c1-2-3-4-5-6-7-8-9-10-11-12-17(20-15-13-18)21-16-14-19;1-2(3)4/h18-19H,2-16H2,1H3;1H3,(H,3,4). The van der Waals surface area contributed by atoms with Crippen LogP contribution in [0.4, 0.5) is 0 Å². The molecule has 25 heavy (non-hydrogen) atoms. The lowest BCUT2D eigenvalue weighted by atomic mass is 10.1. The van der Waals surface area contributed by atoms with E-state index in [0.29, 0.717) is 6.54 Å². The highest BCUT2D eigenvalue weighted by Crippen LogP contribution is 2.11. The molecule has 0 atom stereocenters. The van der Waals surface area contributed by atoms with Crippen molar-refractivity contribution >= 4 is 5.97 Å². The van der Waals surface area contributed by atoms with E-state index in [1.807, 2.05) is 0 Å². The van der Waals surface area contributed by atoms with Gasteiger partial charge in [-0.25, -0.2) is 0 Å². The van der Waals surface area contributed by atoms with Crippen molar-refractivity contribution in [1.82, 2.24) is 5.23 Å². The van der Waals surface area contributed by atoms with Crippen LogP contribution in [-0.4, -0.2) is 59.5 Å². The molecule has 3 N–H and O–H groups in total. The van der Waals surface area contributed by atoms with Gasteiger partial charge in [-0.3, -0.25) is 14.5 Å². The first-order valence-electron chi connectivity index (χ1n) is 9.53. The molecular formula is C18H39NO6. The average molecular weight is 366 g/mol. The molecule has 0 radical (unpaired) electrons. The van der Waals surface area contributed by atoms with Gasteiger partial charge in [0.15, 0.2) is 0 Å². The predicted octanol–water partition coefficient (Wildman–Crippen LogP) is 3.15. The lowest BCUT2D eigenvalue weighted by Gasteiger charge is -2.20. The van der Waals surface area contributed by atoms with Crippen molar-refractivity contribution in [1.29, 1.82) is 0 Å². The number of hydrogen-bond donors (Lipinski definition) is 3. The zero-order chi connectivity index (χ0) is 19.2. The topological polar surface area (TPSA) is 99.5 Å². The number of carboxylic acid groups (broad SMARTS) is 1. The van der Waals surface area contributed by atoms with Gasteiger partial charge < -0.3 is 15.3 Å². The molecule has 0 saturated carbocycles. The molecular weight excluding hydrogens is 326 g/mol. The molecule has 0 aliphatic heterocycles. The summed E-state index contributed by atoms with van der Waals surface area (Å²) in [6, 6.07) is 0. The zero-order valence-corrected chi connectivity index (χ0v) is 16.1. The van der Waals surface area contributed by atoms with Crippen molar-refractivity contribution < 1.29 is 29.8 Å². The molecule has 0 aromatic heterocycles. The summed E-state index contributed by atoms with van der Waals surface area (Å²) in [7, 11) is 0. The lowest BCUT2D eigenvalue weighted by Crippen LogP contribution is -2.28. The molecule has 0 heterocycles. The molecule has 0 amide bonds. The Bertz CT molecular complexity index is 254. The number of carbonyl (C=O) groups is 1. The van der Waals surface area contributed by atoms with Crippen LogP contribution in [0.3, 0.4) is 0 Å². The lowest BCUT2D eigenvalue weighted by molar-refractivity contribution is -0.371. The Hall–Kier alpha value is -0.730. The number of unbranched alkanes of at least 4 members (excludes halogenated alkanes) is 9. The molecule has 7 heteroatoms. The number of nitrogens with zero attached hydrogens (tertiary/aromatic N) is 1. The molecule has 0 aromatic rings. The molecule has 152 valence electrons. The van der Waals surface area contributed by atoms with Gasteiger partial charge >= 0.3 is 0 Å². The fraction of sp³-hybridized carbons (Fsp3) is 0.944. The molecule has 0 saturated heterocycles. The Labute approximate surface area is 152 Å². The molecule has 0 bridgehead atoms. The number of hydrogen-bond acceptors (Lipinski definition) is 6. The number of aliphatic carboxylic acids is 1. The Kier molecular flexibility index (Phi) is 24.7. The first kappa shape index (κ1) is 26.5. The first-order valence-corrected chi connectivity index (χ1v) is 9.53. The van der Waals surface area contributed by atoms with E-state index in [9.17, 15) is 0 Å². The van der Waals surface area contributed by atoms with E-state index < -0.39 is 5.97 Å². The van der Waals surface area contributed by atoms with Gasteiger partial charge in [-0.15, -0.1) is 0 Å². The van der Waals surface area contributed by atoms with Gasteiger partial charge in [-0.1, -0.05) is 69.9 Å². The van der Waals surface area contributed by atoms with Crippen molar-refractivity contribution in [3.8, 4) is 0 Å². The maximum Gasteiger partial charge on any atom is 0.300 e. The van der Waals surface area contributed by atoms with Crippen LogP contribution >= 0.6 is 0 Å². The van der Waals surface area contributed by atoms with E-state index in [1.165, 1.54) is 56.6 Å². The molecule has 0 spiro atoms. The number of hydroxylamine groups is 2. The van der Waals surface area contributed by atoms with Crippen molar-refractivity contribution in [2.75, 3.05) is 33.0 Å². The van der Waals surface area contributed by atoms with Crippen LogP contribution in [0.25, 0.3) is 0 Å². The maximum atomic E-state index is 9.00. The Morgan fingerprint density at radius 1 is 0.800 bits per heavy atom. The summed E-state index contributed by atoms with van der Waals surface area (Å²) in [5.41, 5.74) is 0. The van der Waals surface area contributed by atoms with E-state index >= 15 is 0 Å². The van der Waals surface area contributed by atoms with Crippen molar-refractivity contribution in [2.45, 2.75) is 78.1 Å². The third-order valence-corrected chi connectivity index (χ3v) is 3.35. The second-order valence-electron chi connectivity index (χ2n) is 5.87. The fourth-order valence-corrected chi connectivity index (χ4v) is 2.18. The van der Waals surface area contributed by atoms with Crippen molar-refractivity contribution in [3.05, 3.63) is 0 Å². The minimum Gasteiger partial charge on any atom is -0.481 e. The number of aliphatic hydroxyl groups excluding tert-OH is 2. The summed E-state index contributed by atoms with van der Waals surface area (Å²) in [4.78, 5) is 19.5. The van der Waals surface area contributed by atoms with E-state index in [2.05, 4.69) is 6.92 Å². The number of aliphatic hydroxyl groups is 2. The SMILES string of the molecule is CC(=O)O.CCCCCCCCCCCCN(OCCO)OCCO. The Morgan fingerprint density at radius 3 is 1.52 bits per heavy atom. The molecule has 0 unspecified atom stereocenters. The molecule has 0 aliphatic carbocycles. The van der Waals surface area contributed by atoms with E-state index in [-0.39, 0.29) is 26.4 Å². The summed E-state index contributed by atoms with van der Waals surface area (Å²) in [5.74, 6) is -0.833. The van der Waals surface area contributed by atoms with Gasteiger partial charge in [0.05, 0.1) is 33.0 Å². The summed E-state index contributed by atoms with van der Waals surface area (Å²) in [6.07, 6.45) is 12.9. The summed E-state index contributed by atoms with van der Waals surface area (Å²) in [6.45, 7) is 4.40. The van der Waals surface area contributed by atoms with Crippen molar-refractivity contribution in [2.24, 2.45) is 0 Å².